The molecule has 1 amide bonds. The van der Waals surface area contributed by atoms with Crippen LogP contribution in [0.2, 0.25) is 5.02 Å². The number of halogens is 1. The van der Waals surface area contributed by atoms with Gasteiger partial charge in [0.05, 0.1) is 16.9 Å². The zero-order chi connectivity index (χ0) is 20.8. The van der Waals surface area contributed by atoms with Gasteiger partial charge in [0.1, 0.15) is 5.69 Å². The first-order chi connectivity index (χ1) is 13.7. The lowest BCUT2D eigenvalue weighted by Gasteiger charge is -2.60. The summed E-state index contributed by atoms with van der Waals surface area (Å²) in [5, 5.41) is 24.4. The maximum atomic E-state index is 12.4. The molecule has 4 atom stereocenters. The molecule has 4 bridgehead atoms. The maximum Gasteiger partial charge on any atom is 0.306 e. The van der Waals surface area contributed by atoms with Crippen molar-refractivity contribution in [2.45, 2.75) is 50.5 Å². The zero-order valence-electron chi connectivity index (χ0n) is 15.9. The Kier molecular flexibility index (Phi) is 5.02. The summed E-state index contributed by atoms with van der Waals surface area (Å²) in [6.45, 7) is -0.522. The molecule has 0 spiro atoms. The van der Waals surface area contributed by atoms with E-state index in [4.69, 9.17) is 16.3 Å². The topological polar surface area (TPSA) is 119 Å². The molecular weight excluding hydrogens is 400 g/mol. The van der Waals surface area contributed by atoms with Crippen LogP contribution >= 0.6 is 11.6 Å². The molecule has 29 heavy (non-hydrogen) atoms. The monoisotopic (exact) mass is 422 g/mol. The van der Waals surface area contributed by atoms with Gasteiger partial charge in [0, 0.05) is 11.1 Å². The average molecular weight is 423 g/mol. The largest absolute Gasteiger partial charge is 0.456 e. The molecule has 1 aromatic rings. The van der Waals surface area contributed by atoms with Crippen LogP contribution in [0.25, 0.3) is 0 Å². The number of anilines is 1. The molecule has 8 nitrogen and oxygen atoms in total. The summed E-state index contributed by atoms with van der Waals surface area (Å²) < 4.78 is 5.14. The first-order valence-electron chi connectivity index (χ1n) is 9.77. The first-order valence-corrected chi connectivity index (χ1v) is 10.1. The Morgan fingerprint density at radius 3 is 2.59 bits per heavy atom. The van der Waals surface area contributed by atoms with Crippen molar-refractivity contribution in [2.24, 2.45) is 17.3 Å². The van der Waals surface area contributed by atoms with Gasteiger partial charge in [-0.1, -0.05) is 11.6 Å². The highest BCUT2D eigenvalue weighted by Gasteiger charge is 2.57. The minimum absolute atomic E-state index is 0.0104. The molecule has 4 aliphatic rings. The fraction of sp³-hybridized carbons (Fsp3) is 0.600. The third kappa shape index (κ3) is 4.23. The van der Waals surface area contributed by atoms with Gasteiger partial charge in [-0.25, -0.2) is 0 Å². The van der Waals surface area contributed by atoms with E-state index in [0.717, 1.165) is 38.2 Å². The Morgan fingerprint density at radius 1 is 1.28 bits per heavy atom. The minimum atomic E-state index is -0.659. The maximum absolute atomic E-state index is 12.4. The highest BCUT2D eigenvalue weighted by Crippen LogP contribution is 2.62. The minimum Gasteiger partial charge on any atom is -0.456 e. The van der Waals surface area contributed by atoms with E-state index in [9.17, 15) is 24.8 Å². The van der Waals surface area contributed by atoms with Gasteiger partial charge in [0.2, 0.25) is 0 Å². The van der Waals surface area contributed by atoms with Crippen molar-refractivity contribution in [2.75, 3.05) is 11.9 Å². The van der Waals surface area contributed by atoms with Crippen LogP contribution in [0.1, 0.15) is 44.9 Å². The molecule has 2 unspecified atom stereocenters. The Morgan fingerprint density at radius 2 is 1.97 bits per heavy atom. The number of hydrogen-bond donors (Lipinski definition) is 2. The molecule has 1 aromatic carbocycles. The number of benzene rings is 1. The molecule has 2 N–H and O–H groups in total. The van der Waals surface area contributed by atoms with E-state index in [2.05, 4.69) is 5.32 Å². The van der Waals surface area contributed by atoms with Crippen LogP contribution in [0, 0.1) is 27.4 Å². The van der Waals surface area contributed by atoms with Crippen molar-refractivity contribution in [3.63, 3.8) is 0 Å². The second kappa shape index (κ2) is 7.25. The molecule has 4 saturated carbocycles. The lowest BCUT2D eigenvalue weighted by atomic mass is 9.47. The molecule has 0 radical (unpaired) electrons. The molecule has 9 heteroatoms. The number of nitrogens with one attached hydrogen (secondary N) is 1. The Balaban J connectivity index is 1.33. The summed E-state index contributed by atoms with van der Waals surface area (Å²) in [7, 11) is 0. The van der Waals surface area contributed by atoms with Gasteiger partial charge in [-0.05, 0) is 67.9 Å². The zero-order valence-corrected chi connectivity index (χ0v) is 16.6. The molecular formula is C20H23ClN2O6. The standard InChI is InChI=1S/C20H23ClN2O6/c21-14-1-2-15(16(4-14)23(27)28)22-17(24)10-29-18(25)9-19-5-12-3-13(6-19)8-20(26,7-12)11-19/h1-2,4,12-13,26H,3,5-11H2,(H,22,24)/t12-,13+,19?,20?. The van der Waals surface area contributed by atoms with E-state index < -0.39 is 29.0 Å². The fourth-order valence-corrected chi connectivity index (χ4v) is 6.23. The van der Waals surface area contributed by atoms with E-state index >= 15 is 0 Å². The molecule has 5 rings (SSSR count). The molecule has 0 aromatic heterocycles. The van der Waals surface area contributed by atoms with Crippen molar-refractivity contribution < 1.29 is 24.4 Å². The number of ether oxygens (including phenoxy) is 1. The molecule has 4 fully saturated rings. The van der Waals surface area contributed by atoms with Crippen molar-refractivity contribution in [3.05, 3.63) is 33.3 Å². The van der Waals surface area contributed by atoms with Crippen molar-refractivity contribution >= 4 is 34.9 Å². The average Bonchev–Trinajstić information content (AvgIpc) is 2.58. The number of carbonyl (C=O) groups excluding carboxylic acids is 2. The smallest absolute Gasteiger partial charge is 0.306 e. The van der Waals surface area contributed by atoms with E-state index in [1.807, 2.05) is 0 Å². The molecule has 0 saturated heterocycles. The van der Waals surface area contributed by atoms with Crippen molar-refractivity contribution in [1.29, 1.82) is 0 Å². The highest BCUT2D eigenvalue weighted by atomic mass is 35.5. The Hall–Kier alpha value is -2.19. The van der Waals surface area contributed by atoms with Gasteiger partial charge >= 0.3 is 5.97 Å². The Bertz CT molecular complexity index is 859. The van der Waals surface area contributed by atoms with E-state index in [-0.39, 0.29) is 28.2 Å². The third-order valence-electron chi connectivity index (χ3n) is 6.47. The van der Waals surface area contributed by atoms with Crippen LogP contribution < -0.4 is 5.32 Å². The lowest BCUT2D eigenvalue weighted by molar-refractivity contribution is -0.383. The van der Waals surface area contributed by atoms with Crippen molar-refractivity contribution in [1.82, 2.24) is 0 Å². The summed E-state index contributed by atoms with van der Waals surface area (Å²) in [4.78, 5) is 34.9. The summed E-state index contributed by atoms with van der Waals surface area (Å²) in [5.74, 6) is -0.213. The van der Waals surface area contributed by atoms with E-state index in [1.54, 1.807) is 0 Å². The van der Waals surface area contributed by atoms with Crippen LogP contribution in [0.5, 0.6) is 0 Å². The lowest BCUT2D eigenvalue weighted by Crippen LogP contribution is -2.56. The van der Waals surface area contributed by atoms with Gasteiger partial charge in [-0.15, -0.1) is 0 Å². The number of carbonyl (C=O) groups is 2. The normalized spacial score (nSPS) is 32.1. The van der Waals surface area contributed by atoms with Crippen LogP contribution in [-0.2, 0) is 14.3 Å². The predicted molar refractivity (Wildman–Crippen MR) is 104 cm³/mol. The molecule has 4 aliphatic carbocycles. The van der Waals surface area contributed by atoms with E-state index in [0.29, 0.717) is 18.3 Å². The Labute approximate surface area is 172 Å². The fourth-order valence-electron chi connectivity index (χ4n) is 6.06. The molecule has 0 heterocycles. The number of hydrogen-bond acceptors (Lipinski definition) is 6. The number of aliphatic hydroxyl groups is 1. The van der Waals surface area contributed by atoms with Gasteiger partial charge < -0.3 is 15.2 Å². The summed E-state index contributed by atoms with van der Waals surface area (Å²) in [5.41, 5.74) is -1.24. The summed E-state index contributed by atoms with van der Waals surface area (Å²) >= 11 is 5.75. The van der Waals surface area contributed by atoms with Gasteiger partial charge in [-0.3, -0.25) is 19.7 Å². The number of nitrogens with zero attached hydrogens (tertiary/aromatic N) is 1. The van der Waals surface area contributed by atoms with Crippen LogP contribution in [0.3, 0.4) is 0 Å². The first kappa shape index (κ1) is 20.1. The quantitative estimate of drug-likeness (QED) is 0.411. The number of nitro groups is 1. The number of esters is 1. The summed E-state index contributed by atoms with van der Waals surface area (Å²) in [6, 6.07) is 3.89. The number of nitro benzene ring substituents is 1. The van der Waals surface area contributed by atoms with Gasteiger partial charge in [-0.2, -0.15) is 0 Å². The number of amides is 1. The number of rotatable bonds is 6. The van der Waals surface area contributed by atoms with Crippen LogP contribution in [0.4, 0.5) is 11.4 Å². The second-order valence-corrected chi connectivity index (χ2v) is 9.43. The van der Waals surface area contributed by atoms with Gasteiger partial charge in [0.25, 0.3) is 11.6 Å². The van der Waals surface area contributed by atoms with Crippen LogP contribution in [-0.4, -0.2) is 34.1 Å². The predicted octanol–water partition coefficient (Wildman–Crippen LogP) is 3.45. The summed E-state index contributed by atoms with van der Waals surface area (Å²) in [6.07, 6.45) is 5.42. The van der Waals surface area contributed by atoms with Gasteiger partial charge in [0.15, 0.2) is 6.61 Å². The van der Waals surface area contributed by atoms with Crippen molar-refractivity contribution in [3.8, 4) is 0 Å². The SMILES string of the molecule is O=C(COC(=O)CC12C[C@@H]3C[C@@H](CC(O)(C3)C1)C2)Nc1ccc(Cl)cc1[N+](=O)[O-]. The second-order valence-electron chi connectivity index (χ2n) is 8.99. The highest BCUT2D eigenvalue weighted by molar-refractivity contribution is 6.31. The van der Waals surface area contributed by atoms with E-state index in [1.165, 1.54) is 12.1 Å². The third-order valence-corrected chi connectivity index (χ3v) is 6.70. The molecule has 0 aliphatic heterocycles. The van der Waals surface area contributed by atoms with Crippen LogP contribution in [0.15, 0.2) is 18.2 Å². The molecule has 156 valence electrons.